The van der Waals surface area contributed by atoms with E-state index < -0.39 is 11.8 Å². The Bertz CT molecular complexity index is 1020. The van der Waals surface area contributed by atoms with Crippen molar-refractivity contribution in [3.63, 3.8) is 0 Å². The Kier molecular flexibility index (Phi) is 9.33. The summed E-state index contributed by atoms with van der Waals surface area (Å²) in [5.74, 6) is 0.302. The van der Waals surface area contributed by atoms with E-state index in [0.717, 1.165) is 31.2 Å². The van der Waals surface area contributed by atoms with E-state index in [2.05, 4.69) is 17.8 Å². The van der Waals surface area contributed by atoms with E-state index in [0.29, 0.717) is 35.8 Å². The third-order valence-corrected chi connectivity index (χ3v) is 5.04. The first-order valence-electron chi connectivity index (χ1n) is 11.3. The van der Waals surface area contributed by atoms with Crippen LogP contribution in [-0.2, 0) is 6.61 Å². The van der Waals surface area contributed by atoms with Gasteiger partial charge in [0, 0.05) is 5.56 Å². The normalized spacial score (nSPS) is 10.3. The first-order valence-corrected chi connectivity index (χ1v) is 11.3. The highest BCUT2D eigenvalue weighted by Gasteiger charge is 2.14. The van der Waals surface area contributed by atoms with Crippen LogP contribution in [0, 0.1) is 0 Å². The number of carbonyl (C=O) groups is 2. The number of para-hydroxylation sites is 1. The van der Waals surface area contributed by atoms with Gasteiger partial charge in [0.25, 0.3) is 11.8 Å². The number of hydrazine groups is 1. The predicted molar refractivity (Wildman–Crippen MR) is 128 cm³/mol. The van der Waals surface area contributed by atoms with E-state index >= 15 is 0 Å². The van der Waals surface area contributed by atoms with Gasteiger partial charge < -0.3 is 9.47 Å². The number of benzene rings is 3. The van der Waals surface area contributed by atoms with Crippen molar-refractivity contribution in [1.29, 1.82) is 0 Å². The molecule has 0 fully saturated rings. The number of unbranched alkanes of at least 4 members (excludes halogenated alkanes) is 3. The summed E-state index contributed by atoms with van der Waals surface area (Å²) in [6, 6.07) is 23.6. The molecule has 0 atom stereocenters. The lowest BCUT2D eigenvalue weighted by molar-refractivity contribution is 0.0844. The third kappa shape index (κ3) is 7.68. The van der Waals surface area contributed by atoms with Gasteiger partial charge in [-0.05, 0) is 48.4 Å². The molecule has 0 saturated heterocycles. The molecule has 6 heteroatoms. The van der Waals surface area contributed by atoms with Gasteiger partial charge in [-0.15, -0.1) is 0 Å². The van der Waals surface area contributed by atoms with Crippen molar-refractivity contribution in [2.75, 3.05) is 6.61 Å². The Morgan fingerprint density at radius 2 is 1.42 bits per heavy atom. The van der Waals surface area contributed by atoms with Crippen molar-refractivity contribution < 1.29 is 19.1 Å². The van der Waals surface area contributed by atoms with Gasteiger partial charge in [-0.3, -0.25) is 20.4 Å². The SMILES string of the molecule is CCCCCCOc1ccccc1C(=O)NNC(=O)c1ccc(OCc2ccccc2)cc1. The Balaban J connectivity index is 1.48. The summed E-state index contributed by atoms with van der Waals surface area (Å²) in [5.41, 5.74) is 6.75. The molecule has 0 heterocycles. The Hall–Kier alpha value is -3.80. The molecule has 3 aromatic carbocycles. The highest BCUT2D eigenvalue weighted by Crippen LogP contribution is 2.18. The van der Waals surface area contributed by atoms with Crippen LogP contribution in [0.4, 0.5) is 0 Å². The van der Waals surface area contributed by atoms with Crippen LogP contribution in [0.3, 0.4) is 0 Å². The predicted octanol–water partition coefficient (Wildman–Crippen LogP) is 5.30. The minimum Gasteiger partial charge on any atom is -0.493 e. The van der Waals surface area contributed by atoms with Crippen LogP contribution in [0.2, 0.25) is 0 Å². The van der Waals surface area contributed by atoms with Gasteiger partial charge in [-0.2, -0.15) is 0 Å². The zero-order valence-electron chi connectivity index (χ0n) is 18.9. The molecule has 0 saturated carbocycles. The lowest BCUT2D eigenvalue weighted by Crippen LogP contribution is -2.41. The molecule has 0 radical (unpaired) electrons. The number of amides is 2. The molecule has 0 aliphatic heterocycles. The molecule has 2 amide bonds. The second kappa shape index (κ2) is 12.9. The molecule has 33 heavy (non-hydrogen) atoms. The molecule has 0 spiro atoms. The van der Waals surface area contributed by atoms with E-state index in [9.17, 15) is 9.59 Å². The maximum atomic E-state index is 12.6. The van der Waals surface area contributed by atoms with Crippen LogP contribution in [0.25, 0.3) is 0 Å². The molecular formula is C27H30N2O4. The highest BCUT2D eigenvalue weighted by atomic mass is 16.5. The molecule has 3 aromatic rings. The lowest BCUT2D eigenvalue weighted by atomic mass is 10.2. The second-order valence-corrected chi connectivity index (χ2v) is 7.61. The first kappa shape index (κ1) is 23.9. The van der Waals surface area contributed by atoms with E-state index in [1.165, 1.54) is 0 Å². The van der Waals surface area contributed by atoms with E-state index in [1.54, 1.807) is 42.5 Å². The molecule has 0 bridgehead atoms. The van der Waals surface area contributed by atoms with Crippen molar-refractivity contribution in [2.45, 2.75) is 39.2 Å². The summed E-state index contributed by atoms with van der Waals surface area (Å²) in [5, 5.41) is 0. The molecule has 0 unspecified atom stereocenters. The number of hydrogen-bond donors (Lipinski definition) is 2. The summed E-state index contributed by atoms with van der Waals surface area (Å²) >= 11 is 0. The van der Waals surface area contributed by atoms with Gasteiger partial charge in [0.05, 0.1) is 12.2 Å². The lowest BCUT2D eigenvalue weighted by Gasteiger charge is -2.12. The highest BCUT2D eigenvalue weighted by molar-refractivity contribution is 6.00. The van der Waals surface area contributed by atoms with Crippen molar-refractivity contribution >= 4 is 11.8 Å². The van der Waals surface area contributed by atoms with Crippen molar-refractivity contribution in [3.8, 4) is 11.5 Å². The van der Waals surface area contributed by atoms with Gasteiger partial charge in [0.2, 0.25) is 0 Å². The monoisotopic (exact) mass is 446 g/mol. The minimum atomic E-state index is -0.435. The van der Waals surface area contributed by atoms with Gasteiger partial charge >= 0.3 is 0 Å². The van der Waals surface area contributed by atoms with Crippen LogP contribution < -0.4 is 20.3 Å². The van der Waals surface area contributed by atoms with Gasteiger partial charge in [0.1, 0.15) is 18.1 Å². The average molecular weight is 447 g/mol. The van der Waals surface area contributed by atoms with E-state index in [1.807, 2.05) is 36.4 Å². The third-order valence-electron chi connectivity index (χ3n) is 5.04. The number of nitrogens with one attached hydrogen (secondary N) is 2. The number of hydrogen-bond acceptors (Lipinski definition) is 4. The van der Waals surface area contributed by atoms with Crippen molar-refractivity contribution in [3.05, 3.63) is 95.6 Å². The molecule has 2 N–H and O–H groups in total. The fraction of sp³-hybridized carbons (Fsp3) is 0.259. The van der Waals surface area contributed by atoms with Gasteiger partial charge in [-0.25, -0.2) is 0 Å². The van der Waals surface area contributed by atoms with Crippen molar-refractivity contribution in [1.82, 2.24) is 10.9 Å². The van der Waals surface area contributed by atoms with Crippen molar-refractivity contribution in [2.24, 2.45) is 0 Å². The molecule has 6 nitrogen and oxygen atoms in total. The van der Waals surface area contributed by atoms with Crippen LogP contribution in [-0.4, -0.2) is 18.4 Å². The maximum Gasteiger partial charge on any atom is 0.273 e. The largest absolute Gasteiger partial charge is 0.493 e. The standard InChI is InChI=1S/C27H30N2O4/c1-2-3-4-10-19-32-25-14-9-8-13-24(25)27(31)29-28-26(30)22-15-17-23(18-16-22)33-20-21-11-6-5-7-12-21/h5-9,11-18H,2-4,10,19-20H2,1H3,(H,28,30)(H,29,31). The second-order valence-electron chi connectivity index (χ2n) is 7.61. The zero-order chi connectivity index (χ0) is 23.3. The minimum absolute atomic E-state index is 0.373. The smallest absolute Gasteiger partial charge is 0.273 e. The van der Waals surface area contributed by atoms with Crippen LogP contribution in [0.5, 0.6) is 11.5 Å². The van der Waals surface area contributed by atoms with Gasteiger partial charge in [-0.1, -0.05) is 68.7 Å². The molecule has 0 aliphatic rings. The van der Waals surface area contributed by atoms with Crippen LogP contribution in [0.1, 0.15) is 58.9 Å². The van der Waals surface area contributed by atoms with E-state index in [4.69, 9.17) is 9.47 Å². The number of ether oxygens (including phenoxy) is 2. The molecule has 3 rings (SSSR count). The molecule has 0 aromatic heterocycles. The summed E-state index contributed by atoms with van der Waals surface area (Å²) in [4.78, 5) is 25.0. The average Bonchev–Trinajstić information content (AvgIpc) is 2.87. The van der Waals surface area contributed by atoms with Crippen LogP contribution >= 0.6 is 0 Å². The quantitative estimate of drug-likeness (QED) is 0.310. The van der Waals surface area contributed by atoms with Crippen LogP contribution in [0.15, 0.2) is 78.9 Å². The molecule has 172 valence electrons. The van der Waals surface area contributed by atoms with E-state index in [-0.39, 0.29) is 0 Å². The Morgan fingerprint density at radius 3 is 2.18 bits per heavy atom. The topological polar surface area (TPSA) is 76.7 Å². The molecule has 0 aliphatic carbocycles. The first-order chi connectivity index (χ1) is 16.2. The number of carbonyl (C=O) groups excluding carboxylic acids is 2. The molecular weight excluding hydrogens is 416 g/mol. The summed E-state index contributed by atoms with van der Waals surface area (Å²) < 4.78 is 11.5. The maximum absolute atomic E-state index is 12.6. The summed E-state index contributed by atoms with van der Waals surface area (Å²) in [7, 11) is 0. The zero-order valence-corrected chi connectivity index (χ0v) is 18.9. The van der Waals surface area contributed by atoms with Gasteiger partial charge in [0.15, 0.2) is 0 Å². The summed E-state index contributed by atoms with van der Waals surface area (Å²) in [6.07, 6.45) is 4.35. The Labute approximate surface area is 194 Å². The fourth-order valence-electron chi connectivity index (χ4n) is 3.19. The fourth-order valence-corrected chi connectivity index (χ4v) is 3.19. The Morgan fingerprint density at radius 1 is 0.727 bits per heavy atom. The number of rotatable bonds is 11. The summed E-state index contributed by atoms with van der Waals surface area (Å²) in [6.45, 7) is 3.15.